The lowest BCUT2D eigenvalue weighted by Crippen LogP contribution is -2.57. The van der Waals surface area contributed by atoms with Crippen molar-refractivity contribution in [3.63, 3.8) is 0 Å². The smallest absolute Gasteiger partial charge is 0.334 e. The van der Waals surface area contributed by atoms with Gasteiger partial charge in [0.25, 0.3) is 0 Å². The van der Waals surface area contributed by atoms with E-state index in [0.29, 0.717) is 13.8 Å². The Labute approximate surface area is 180 Å². The summed E-state index contributed by atoms with van der Waals surface area (Å²) in [7, 11) is 0. The molecule has 13 heteroatoms. The van der Waals surface area contributed by atoms with E-state index in [4.69, 9.17) is 11.6 Å². The van der Waals surface area contributed by atoms with Crippen molar-refractivity contribution in [2.75, 3.05) is 18.4 Å². The van der Waals surface area contributed by atoms with Crippen LogP contribution in [0.15, 0.2) is 12.1 Å². The van der Waals surface area contributed by atoms with E-state index in [1.807, 2.05) is 0 Å². The summed E-state index contributed by atoms with van der Waals surface area (Å²) < 4.78 is 65.1. The lowest BCUT2D eigenvalue weighted by atomic mass is 10.1. The number of benzene rings is 1. The monoisotopic (exact) mass is 475 g/mol. The molecule has 1 fully saturated rings. The average Bonchev–Trinajstić information content (AvgIpc) is 3.07. The molecule has 2 rings (SSSR count). The van der Waals surface area contributed by atoms with Crippen LogP contribution in [-0.4, -0.2) is 47.4 Å². The van der Waals surface area contributed by atoms with Gasteiger partial charge in [0.1, 0.15) is 5.54 Å². The summed E-state index contributed by atoms with van der Waals surface area (Å²) in [6.45, 7) is 1.17. The van der Waals surface area contributed by atoms with Crippen LogP contribution in [0, 0.1) is 17.6 Å². The Kier molecular flexibility index (Phi) is 8.11. The van der Waals surface area contributed by atoms with E-state index in [9.17, 15) is 36.3 Å². The highest BCUT2D eigenvalue weighted by molar-refractivity contribution is 7.59. The normalized spacial score (nSPS) is 16.7. The number of halogens is 6. The Morgan fingerprint density at radius 1 is 1.17 bits per heavy atom. The fraction of sp³-hybridized carbons (Fsp3) is 0.471. The average molecular weight is 476 g/mol. The van der Waals surface area contributed by atoms with Gasteiger partial charge >= 0.3 is 18.0 Å². The minimum atomic E-state index is -4.76. The molecule has 168 valence electrons. The first-order chi connectivity index (χ1) is 13.2. The van der Waals surface area contributed by atoms with Crippen molar-refractivity contribution >= 4 is 48.5 Å². The molecule has 0 unspecified atom stereocenters. The van der Waals surface area contributed by atoms with E-state index < -0.39 is 52.0 Å². The first-order valence-corrected chi connectivity index (χ1v) is 8.74. The molecule has 0 radical (unpaired) electrons. The maximum absolute atomic E-state index is 13.4. The Bertz CT molecular complexity index is 827. The fourth-order valence-electron chi connectivity index (χ4n) is 2.58. The van der Waals surface area contributed by atoms with Crippen LogP contribution < -0.4 is 10.6 Å². The number of nitrogens with one attached hydrogen (secondary N) is 2. The van der Waals surface area contributed by atoms with E-state index in [1.165, 1.54) is 0 Å². The summed E-state index contributed by atoms with van der Waals surface area (Å²) >= 11 is 5.50. The number of alkyl halides is 3. The summed E-state index contributed by atoms with van der Waals surface area (Å²) in [6, 6.07) is 1.73. The lowest BCUT2D eigenvalue weighted by molar-refractivity contribution is -0.189. The van der Waals surface area contributed by atoms with Gasteiger partial charge in [-0.2, -0.15) is 26.7 Å². The van der Waals surface area contributed by atoms with Gasteiger partial charge in [0.2, 0.25) is 5.91 Å². The third-order valence-electron chi connectivity index (χ3n) is 4.43. The van der Waals surface area contributed by atoms with E-state index in [0.717, 1.165) is 17.0 Å². The largest absolute Gasteiger partial charge is 0.410 e. The first kappa shape index (κ1) is 26.0. The molecule has 1 aliphatic heterocycles. The minimum absolute atomic E-state index is 0. The zero-order valence-electron chi connectivity index (χ0n) is 15.8. The Morgan fingerprint density at radius 3 is 2.30 bits per heavy atom. The molecular formula is C17H19ClF5N3O3S. The van der Waals surface area contributed by atoms with E-state index >= 15 is 0 Å². The quantitative estimate of drug-likeness (QED) is 0.401. The van der Waals surface area contributed by atoms with Gasteiger partial charge in [-0.1, -0.05) is 11.6 Å². The van der Waals surface area contributed by atoms with Crippen molar-refractivity contribution in [3.8, 4) is 0 Å². The summed E-state index contributed by atoms with van der Waals surface area (Å²) in [5.41, 5.74) is -2.71. The second-order valence-electron chi connectivity index (χ2n) is 7.06. The number of rotatable bonds is 3. The number of anilines is 1. The number of carbonyl (C=O) groups excluding carboxylic acids is 3. The summed E-state index contributed by atoms with van der Waals surface area (Å²) in [5, 5.41) is 3.41. The standard InChI is InChI=1S/C17H17ClF5N3O3.H2S/c1-16(2,17(21,22)23)25-14(28)15(29)26-4-3-8(7-26)13(27)24-9-5-10(18)12(20)11(19)6-9;/h5-6,8H,3-4,7H2,1-2H3,(H,24,27)(H,25,28);1H2/t8-;/m0./s1. The first-order valence-electron chi connectivity index (χ1n) is 8.36. The van der Waals surface area contributed by atoms with Gasteiger partial charge in [-0.25, -0.2) is 8.78 Å². The van der Waals surface area contributed by atoms with E-state index in [1.54, 1.807) is 5.32 Å². The third-order valence-corrected chi connectivity index (χ3v) is 4.70. The van der Waals surface area contributed by atoms with E-state index in [2.05, 4.69) is 5.32 Å². The Balaban J connectivity index is 0.00000450. The van der Waals surface area contributed by atoms with Crippen LogP contribution in [0.3, 0.4) is 0 Å². The summed E-state index contributed by atoms with van der Waals surface area (Å²) in [6.07, 6.45) is -4.63. The second-order valence-corrected chi connectivity index (χ2v) is 7.46. The van der Waals surface area contributed by atoms with Gasteiger partial charge in [0.05, 0.1) is 10.9 Å². The highest BCUT2D eigenvalue weighted by atomic mass is 35.5. The van der Waals surface area contributed by atoms with Crippen molar-refractivity contribution in [3.05, 3.63) is 28.8 Å². The highest BCUT2D eigenvalue weighted by Crippen LogP contribution is 2.29. The lowest BCUT2D eigenvalue weighted by Gasteiger charge is -2.29. The van der Waals surface area contributed by atoms with Gasteiger partial charge in [-0.3, -0.25) is 14.4 Å². The van der Waals surface area contributed by atoms with Crippen molar-refractivity contribution < 1.29 is 36.3 Å². The summed E-state index contributed by atoms with van der Waals surface area (Å²) in [5.74, 6) is -6.61. The molecule has 0 spiro atoms. The molecule has 0 aliphatic carbocycles. The molecule has 30 heavy (non-hydrogen) atoms. The second kappa shape index (κ2) is 9.38. The van der Waals surface area contributed by atoms with Gasteiger partial charge < -0.3 is 15.5 Å². The topological polar surface area (TPSA) is 78.5 Å². The van der Waals surface area contributed by atoms with Crippen LogP contribution >= 0.6 is 25.1 Å². The number of hydrogen-bond donors (Lipinski definition) is 2. The van der Waals surface area contributed by atoms with Crippen LogP contribution in [-0.2, 0) is 14.4 Å². The van der Waals surface area contributed by atoms with Gasteiger partial charge in [-0.15, -0.1) is 0 Å². The molecule has 2 N–H and O–H groups in total. The molecule has 0 aromatic heterocycles. The molecule has 1 atom stereocenters. The Morgan fingerprint density at radius 2 is 1.77 bits per heavy atom. The van der Waals surface area contributed by atoms with Crippen LogP contribution in [0.4, 0.5) is 27.6 Å². The van der Waals surface area contributed by atoms with Gasteiger partial charge in [0.15, 0.2) is 11.6 Å². The molecule has 1 heterocycles. The van der Waals surface area contributed by atoms with Crippen molar-refractivity contribution in [2.45, 2.75) is 32.0 Å². The number of carbonyl (C=O) groups is 3. The molecule has 1 aliphatic rings. The maximum atomic E-state index is 13.4. The van der Waals surface area contributed by atoms with Crippen LogP contribution in [0.2, 0.25) is 5.02 Å². The number of hydrogen-bond acceptors (Lipinski definition) is 3. The van der Waals surface area contributed by atoms with Crippen molar-refractivity contribution in [2.24, 2.45) is 5.92 Å². The summed E-state index contributed by atoms with van der Waals surface area (Å²) in [4.78, 5) is 37.2. The molecule has 0 saturated carbocycles. The van der Waals surface area contributed by atoms with Crippen LogP contribution in [0.5, 0.6) is 0 Å². The predicted octanol–water partition coefficient (Wildman–Crippen LogP) is 2.98. The van der Waals surface area contributed by atoms with Gasteiger partial charge in [0, 0.05) is 24.8 Å². The molecule has 6 nitrogen and oxygen atoms in total. The maximum Gasteiger partial charge on any atom is 0.410 e. The highest BCUT2D eigenvalue weighted by Gasteiger charge is 2.49. The SMILES string of the molecule is CC(C)(NC(=O)C(=O)N1CC[C@H](C(=O)Nc2cc(F)c(F)c(Cl)c2)C1)C(F)(F)F.S. The van der Waals surface area contributed by atoms with E-state index in [-0.39, 0.29) is 38.7 Å². The Hall–Kier alpha value is -2.08. The van der Waals surface area contributed by atoms with Gasteiger partial charge in [-0.05, 0) is 26.3 Å². The molecule has 1 aromatic rings. The number of likely N-dealkylation sites (tertiary alicyclic amines) is 1. The zero-order valence-corrected chi connectivity index (χ0v) is 17.5. The van der Waals surface area contributed by atoms with Crippen molar-refractivity contribution in [1.82, 2.24) is 10.2 Å². The molecule has 1 aromatic carbocycles. The zero-order chi connectivity index (χ0) is 22.1. The fourth-order valence-corrected chi connectivity index (χ4v) is 2.79. The molecule has 1 saturated heterocycles. The number of nitrogens with zero attached hydrogens (tertiary/aromatic N) is 1. The third kappa shape index (κ3) is 5.75. The molecule has 0 bridgehead atoms. The number of amides is 3. The van der Waals surface area contributed by atoms with Crippen LogP contribution in [0.1, 0.15) is 20.3 Å². The van der Waals surface area contributed by atoms with Crippen molar-refractivity contribution in [1.29, 1.82) is 0 Å². The van der Waals surface area contributed by atoms with Crippen LogP contribution in [0.25, 0.3) is 0 Å². The minimum Gasteiger partial charge on any atom is -0.334 e. The molecular weight excluding hydrogens is 457 g/mol. The molecule has 3 amide bonds. The predicted molar refractivity (Wildman–Crippen MR) is 103 cm³/mol.